The maximum Gasteiger partial charge on any atom is 0.293 e. The van der Waals surface area contributed by atoms with E-state index in [4.69, 9.17) is 0 Å². The van der Waals surface area contributed by atoms with Gasteiger partial charge in [0.05, 0.1) is 11.4 Å². The third-order valence-electron chi connectivity index (χ3n) is 3.26. The van der Waals surface area contributed by atoms with Gasteiger partial charge in [-0.05, 0) is 29.5 Å². The fourth-order valence-corrected chi connectivity index (χ4v) is 2.97. The summed E-state index contributed by atoms with van der Waals surface area (Å²) in [7, 11) is 0. The Kier molecular flexibility index (Phi) is 4.06. The first-order chi connectivity index (χ1) is 10.6. The smallest absolute Gasteiger partial charge is 0.268 e. The third-order valence-corrected chi connectivity index (χ3v) is 4.16. The summed E-state index contributed by atoms with van der Waals surface area (Å²) in [4.78, 5) is 25.8. The first kappa shape index (κ1) is 14.5. The van der Waals surface area contributed by atoms with Gasteiger partial charge < -0.3 is 0 Å². The molecule has 110 valence electrons. The van der Waals surface area contributed by atoms with E-state index in [1.807, 2.05) is 30.3 Å². The number of amides is 2. The predicted octanol–water partition coefficient (Wildman–Crippen LogP) is 4.06. The summed E-state index contributed by atoms with van der Waals surface area (Å²) in [5, 5.41) is -0.379. The SMILES string of the molecule is O=C1SC(=Cc2ccccc2)C(=O)N1Cc1ccccc1F. The number of nitrogens with zero attached hydrogens (tertiary/aromatic N) is 1. The fraction of sp³-hybridized carbons (Fsp3) is 0.0588. The van der Waals surface area contributed by atoms with Crippen LogP contribution in [0.15, 0.2) is 59.5 Å². The molecule has 0 aliphatic carbocycles. The molecule has 3 nitrogen and oxygen atoms in total. The second-order valence-corrected chi connectivity index (χ2v) is 5.76. The second-order valence-electron chi connectivity index (χ2n) is 4.77. The van der Waals surface area contributed by atoms with Crippen LogP contribution in [0.3, 0.4) is 0 Å². The van der Waals surface area contributed by atoms with Gasteiger partial charge in [0.1, 0.15) is 5.82 Å². The molecule has 2 aromatic rings. The fourth-order valence-electron chi connectivity index (χ4n) is 2.13. The van der Waals surface area contributed by atoms with Crippen molar-refractivity contribution in [3.05, 3.63) is 76.4 Å². The molecule has 0 spiro atoms. The molecule has 0 aromatic heterocycles. The Hall–Kier alpha value is -2.40. The summed E-state index contributed by atoms with van der Waals surface area (Å²) in [6.45, 7) is -0.0521. The molecule has 2 amide bonds. The summed E-state index contributed by atoms with van der Waals surface area (Å²) < 4.78 is 13.7. The van der Waals surface area contributed by atoms with E-state index in [9.17, 15) is 14.0 Å². The van der Waals surface area contributed by atoms with Crippen molar-refractivity contribution in [3.63, 3.8) is 0 Å². The topological polar surface area (TPSA) is 37.4 Å². The summed E-state index contributed by atoms with van der Waals surface area (Å²) >= 11 is 0.878. The summed E-state index contributed by atoms with van der Waals surface area (Å²) in [5.74, 6) is -0.810. The van der Waals surface area contributed by atoms with Gasteiger partial charge in [0, 0.05) is 5.56 Å². The number of rotatable bonds is 3. The van der Waals surface area contributed by atoms with Crippen LogP contribution in [0.2, 0.25) is 0 Å². The lowest BCUT2D eigenvalue weighted by Gasteiger charge is -2.12. The molecule has 5 heteroatoms. The molecule has 1 saturated heterocycles. The first-order valence-corrected chi connectivity index (χ1v) is 7.50. The molecule has 1 aliphatic heterocycles. The molecule has 1 fully saturated rings. The summed E-state index contributed by atoms with van der Waals surface area (Å²) in [5.41, 5.74) is 1.17. The molecular weight excluding hydrogens is 301 g/mol. The number of carbonyl (C=O) groups is 2. The maximum absolute atomic E-state index is 13.7. The summed E-state index contributed by atoms with van der Waals surface area (Å²) in [6, 6.07) is 15.4. The van der Waals surface area contributed by atoms with E-state index in [2.05, 4.69) is 0 Å². The van der Waals surface area contributed by atoms with Gasteiger partial charge in [-0.2, -0.15) is 0 Å². The van der Waals surface area contributed by atoms with Crippen molar-refractivity contribution in [3.8, 4) is 0 Å². The summed E-state index contributed by atoms with van der Waals surface area (Å²) in [6.07, 6.45) is 1.67. The van der Waals surface area contributed by atoms with E-state index >= 15 is 0 Å². The van der Waals surface area contributed by atoms with Gasteiger partial charge in [0.15, 0.2) is 0 Å². The lowest BCUT2D eigenvalue weighted by atomic mass is 10.2. The van der Waals surface area contributed by atoms with Crippen LogP contribution >= 0.6 is 11.8 Å². The molecule has 1 aliphatic rings. The Morgan fingerprint density at radius 2 is 1.68 bits per heavy atom. The number of hydrogen-bond donors (Lipinski definition) is 0. The highest BCUT2D eigenvalue weighted by molar-refractivity contribution is 8.18. The highest BCUT2D eigenvalue weighted by Gasteiger charge is 2.35. The van der Waals surface area contributed by atoms with E-state index in [0.717, 1.165) is 22.2 Å². The van der Waals surface area contributed by atoms with Gasteiger partial charge in [0.25, 0.3) is 11.1 Å². The zero-order valence-corrected chi connectivity index (χ0v) is 12.3. The molecule has 0 saturated carbocycles. The molecule has 22 heavy (non-hydrogen) atoms. The second kappa shape index (κ2) is 6.15. The van der Waals surface area contributed by atoms with E-state index < -0.39 is 5.82 Å². The van der Waals surface area contributed by atoms with Crippen LogP contribution in [-0.4, -0.2) is 16.0 Å². The van der Waals surface area contributed by atoms with Crippen LogP contribution in [0.1, 0.15) is 11.1 Å². The Bertz CT molecular complexity index is 758. The van der Waals surface area contributed by atoms with Crippen LogP contribution in [0, 0.1) is 5.82 Å². The van der Waals surface area contributed by atoms with Gasteiger partial charge in [-0.3, -0.25) is 14.5 Å². The van der Waals surface area contributed by atoms with Crippen LogP contribution in [0.4, 0.5) is 9.18 Å². The highest BCUT2D eigenvalue weighted by Crippen LogP contribution is 2.33. The number of benzene rings is 2. The molecule has 0 bridgehead atoms. The molecule has 3 rings (SSSR count). The van der Waals surface area contributed by atoms with Gasteiger partial charge in [-0.15, -0.1) is 0 Å². The van der Waals surface area contributed by atoms with Crippen molar-refractivity contribution in [1.29, 1.82) is 0 Å². The van der Waals surface area contributed by atoms with E-state index in [1.54, 1.807) is 24.3 Å². The predicted molar refractivity (Wildman–Crippen MR) is 84.4 cm³/mol. The normalized spacial score (nSPS) is 16.6. The van der Waals surface area contributed by atoms with Crippen LogP contribution < -0.4 is 0 Å². The zero-order valence-electron chi connectivity index (χ0n) is 11.5. The molecule has 1 heterocycles. The minimum absolute atomic E-state index is 0.0521. The molecule has 0 atom stereocenters. The highest BCUT2D eigenvalue weighted by atomic mass is 32.2. The Morgan fingerprint density at radius 1 is 1.00 bits per heavy atom. The lowest BCUT2D eigenvalue weighted by molar-refractivity contribution is -0.123. The van der Waals surface area contributed by atoms with Gasteiger partial charge in [0.2, 0.25) is 0 Å². The molecule has 0 N–H and O–H groups in total. The van der Waals surface area contributed by atoms with Gasteiger partial charge in [-0.1, -0.05) is 48.5 Å². The number of halogens is 1. The van der Waals surface area contributed by atoms with Crippen molar-refractivity contribution < 1.29 is 14.0 Å². The van der Waals surface area contributed by atoms with Crippen LogP contribution in [0.5, 0.6) is 0 Å². The van der Waals surface area contributed by atoms with Gasteiger partial charge >= 0.3 is 0 Å². The average Bonchev–Trinajstić information content (AvgIpc) is 2.78. The van der Waals surface area contributed by atoms with Crippen molar-refractivity contribution in [1.82, 2.24) is 4.90 Å². The van der Waals surface area contributed by atoms with Crippen LogP contribution in [0.25, 0.3) is 6.08 Å². The third kappa shape index (κ3) is 2.94. The minimum atomic E-state index is -0.423. The van der Waals surface area contributed by atoms with Crippen molar-refractivity contribution in [2.45, 2.75) is 6.54 Å². The first-order valence-electron chi connectivity index (χ1n) is 6.69. The van der Waals surface area contributed by atoms with Crippen molar-refractivity contribution in [2.75, 3.05) is 0 Å². The van der Waals surface area contributed by atoms with Crippen molar-refractivity contribution >= 4 is 29.0 Å². The van der Waals surface area contributed by atoms with E-state index in [-0.39, 0.29) is 17.7 Å². The van der Waals surface area contributed by atoms with Crippen LogP contribution in [-0.2, 0) is 11.3 Å². The number of carbonyl (C=O) groups excluding carboxylic acids is 2. The molecule has 0 radical (unpaired) electrons. The Morgan fingerprint density at radius 3 is 2.41 bits per heavy atom. The number of imide groups is 1. The lowest BCUT2D eigenvalue weighted by Crippen LogP contribution is -2.27. The number of thioether (sulfide) groups is 1. The average molecular weight is 313 g/mol. The maximum atomic E-state index is 13.7. The Labute approximate surface area is 131 Å². The number of hydrogen-bond acceptors (Lipinski definition) is 3. The van der Waals surface area contributed by atoms with Crippen molar-refractivity contribution in [2.24, 2.45) is 0 Å². The van der Waals surface area contributed by atoms with E-state index in [1.165, 1.54) is 6.07 Å². The Balaban J connectivity index is 1.83. The van der Waals surface area contributed by atoms with Gasteiger partial charge in [-0.25, -0.2) is 4.39 Å². The largest absolute Gasteiger partial charge is 0.293 e. The minimum Gasteiger partial charge on any atom is -0.268 e. The monoisotopic (exact) mass is 313 g/mol. The standard InChI is InChI=1S/C17H12FNO2S/c18-14-9-5-4-8-13(14)11-19-16(20)15(22-17(19)21)10-12-6-2-1-3-7-12/h1-10H,11H2. The molecular formula is C17H12FNO2S. The molecule has 2 aromatic carbocycles. The quantitative estimate of drug-likeness (QED) is 0.802. The van der Waals surface area contributed by atoms with E-state index in [0.29, 0.717) is 10.5 Å². The zero-order chi connectivity index (χ0) is 15.5. The molecule has 0 unspecified atom stereocenters.